The van der Waals surface area contributed by atoms with Crippen LogP contribution < -0.4 is 0 Å². The molecule has 1 saturated heterocycles. The number of nitrogens with zero attached hydrogens (tertiary/aromatic N) is 1. The second-order valence-electron chi connectivity index (χ2n) is 4.21. The molecule has 1 aliphatic heterocycles. The van der Waals surface area contributed by atoms with Crippen LogP contribution in [0.1, 0.15) is 27.2 Å². The zero-order valence-corrected chi connectivity index (χ0v) is 8.76. The summed E-state index contributed by atoms with van der Waals surface area (Å²) in [6.45, 7) is 9.77. The highest BCUT2D eigenvalue weighted by Gasteiger charge is 2.34. The Balaban J connectivity index is 2.56. The van der Waals surface area contributed by atoms with Crippen molar-refractivity contribution in [1.82, 2.24) is 4.90 Å². The number of hydrogen-bond donors (Lipinski definition) is 0. The lowest BCUT2D eigenvalue weighted by atomic mass is 9.87. The lowest BCUT2D eigenvalue weighted by Gasteiger charge is -2.42. The van der Waals surface area contributed by atoms with Crippen molar-refractivity contribution >= 4 is 0 Å². The average Bonchev–Trinajstić information content (AvgIpc) is 2.02. The predicted octanol–water partition coefficient (Wildman–Crippen LogP) is 1.75. The molecule has 0 bridgehead atoms. The van der Waals surface area contributed by atoms with Crippen molar-refractivity contribution in [1.29, 1.82) is 0 Å². The minimum atomic E-state index is 0.0851. The van der Waals surface area contributed by atoms with Crippen molar-refractivity contribution in [2.75, 3.05) is 26.7 Å². The summed E-state index contributed by atoms with van der Waals surface area (Å²) in [6.07, 6.45) is 1.20. The molecule has 0 radical (unpaired) electrons. The van der Waals surface area contributed by atoms with Crippen molar-refractivity contribution in [3.8, 4) is 0 Å². The Morgan fingerprint density at radius 3 is 2.75 bits per heavy atom. The van der Waals surface area contributed by atoms with E-state index in [1.54, 1.807) is 0 Å². The van der Waals surface area contributed by atoms with E-state index >= 15 is 0 Å². The van der Waals surface area contributed by atoms with Crippen LogP contribution in [0.25, 0.3) is 0 Å². The second-order valence-corrected chi connectivity index (χ2v) is 4.21. The van der Waals surface area contributed by atoms with E-state index in [0.29, 0.717) is 5.92 Å². The molecule has 1 heterocycles. The predicted molar refractivity (Wildman–Crippen MR) is 51.3 cm³/mol. The van der Waals surface area contributed by atoms with Crippen LogP contribution in [0.15, 0.2) is 0 Å². The van der Waals surface area contributed by atoms with Gasteiger partial charge in [-0.25, -0.2) is 0 Å². The fraction of sp³-hybridized carbons (Fsp3) is 1.00. The largest absolute Gasteiger partial charge is 0.372 e. The monoisotopic (exact) mass is 171 g/mol. The molecule has 2 atom stereocenters. The van der Waals surface area contributed by atoms with E-state index in [9.17, 15) is 0 Å². The summed E-state index contributed by atoms with van der Waals surface area (Å²) in [7, 11) is 2.17. The Hall–Kier alpha value is -0.0800. The summed E-state index contributed by atoms with van der Waals surface area (Å²) < 4.78 is 5.85. The fourth-order valence-electron chi connectivity index (χ4n) is 1.83. The van der Waals surface area contributed by atoms with Crippen LogP contribution in [-0.2, 0) is 4.74 Å². The Labute approximate surface area is 75.9 Å². The first-order valence-corrected chi connectivity index (χ1v) is 4.91. The molecular weight excluding hydrogens is 150 g/mol. The van der Waals surface area contributed by atoms with Gasteiger partial charge in [0.05, 0.1) is 12.2 Å². The minimum absolute atomic E-state index is 0.0851. The first-order valence-electron chi connectivity index (χ1n) is 4.91. The van der Waals surface area contributed by atoms with Crippen LogP contribution in [0, 0.1) is 5.92 Å². The molecule has 1 rings (SSSR count). The van der Waals surface area contributed by atoms with Crippen molar-refractivity contribution in [2.45, 2.75) is 32.8 Å². The SMILES string of the molecule is CCC(C)C1(C)CN(C)CCO1. The third-order valence-electron chi connectivity index (χ3n) is 3.14. The first kappa shape index (κ1) is 10.0. The van der Waals surface area contributed by atoms with Crippen molar-refractivity contribution in [3.63, 3.8) is 0 Å². The number of rotatable bonds is 2. The maximum Gasteiger partial charge on any atom is 0.0806 e. The molecule has 1 fully saturated rings. The van der Waals surface area contributed by atoms with Crippen LogP contribution in [0.2, 0.25) is 0 Å². The Kier molecular flexibility index (Phi) is 3.13. The van der Waals surface area contributed by atoms with Gasteiger partial charge in [0.2, 0.25) is 0 Å². The molecule has 2 heteroatoms. The zero-order chi connectivity index (χ0) is 9.19. The van der Waals surface area contributed by atoms with E-state index in [-0.39, 0.29) is 5.60 Å². The van der Waals surface area contributed by atoms with Crippen molar-refractivity contribution < 1.29 is 4.74 Å². The molecule has 0 amide bonds. The number of ether oxygens (including phenoxy) is 1. The Morgan fingerprint density at radius 1 is 1.58 bits per heavy atom. The van der Waals surface area contributed by atoms with Crippen LogP contribution in [0.5, 0.6) is 0 Å². The van der Waals surface area contributed by atoms with Gasteiger partial charge in [-0.15, -0.1) is 0 Å². The molecule has 0 N–H and O–H groups in total. The highest BCUT2D eigenvalue weighted by molar-refractivity contribution is 4.86. The van der Waals surface area contributed by atoms with E-state index in [4.69, 9.17) is 4.74 Å². The molecule has 0 aliphatic carbocycles. The Bertz CT molecular complexity index is 149. The number of likely N-dealkylation sites (N-methyl/N-ethyl adjacent to an activating group) is 1. The fourth-order valence-corrected chi connectivity index (χ4v) is 1.83. The molecule has 0 aromatic carbocycles. The van der Waals surface area contributed by atoms with Crippen LogP contribution in [0.4, 0.5) is 0 Å². The quantitative estimate of drug-likeness (QED) is 0.627. The number of hydrogen-bond acceptors (Lipinski definition) is 2. The van der Waals surface area contributed by atoms with E-state index in [0.717, 1.165) is 19.7 Å². The maximum absolute atomic E-state index is 5.85. The zero-order valence-electron chi connectivity index (χ0n) is 8.76. The normalized spacial score (nSPS) is 35.0. The molecule has 72 valence electrons. The van der Waals surface area contributed by atoms with Gasteiger partial charge < -0.3 is 9.64 Å². The summed E-state index contributed by atoms with van der Waals surface area (Å²) in [5.41, 5.74) is 0.0851. The van der Waals surface area contributed by atoms with Crippen LogP contribution >= 0.6 is 0 Å². The third kappa shape index (κ3) is 1.99. The van der Waals surface area contributed by atoms with Gasteiger partial charge in [0.25, 0.3) is 0 Å². The molecule has 0 spiro atoms. The van der Waals surface area contributed by atoms with Gasteiger partial charge in [-0.3, -0.25) is 0 Å². The summed E-state index contributed by atoms with van der Waals surface area (Å²) in [4.78, 5) is 2.36. The molecule has 2 unspecified atom stereocenters. The van der Waals surface area contributed by atoms with Gasteiger partial charge in [-0.05, 0) is 19.9 Å². The molecule has 1 aliphatic rings. The summed E-state index contributed by atoms with van der Waals surface area (Å²) in [5, 5.41) is 0. The molecular formula is C10H21NO. The van der Waals surface area contributed by atoms with Gasteiger partial charge >= 0.3 is 0 Å². The maximum atomic E-state index is 5.85. The van der Waals surface area contributed by atoms with Crippen molar-refractivity contribution in [2.24, 2.45) is 5.92 Å². The van der Waals surface area contributed by atoms with E-state index in [1.165, 1.54) is 6.42 Å². The van der Waals surface area contributed by atoms with E-state index < -0.39 is 0 Å². The molecule has 0 aromatic rings. The van der Waals surface area contributed by atoms with Gasteiger partial charge in [0, 0.05) is 13.1 Å². The standard InChI is InChI=1S/C10H21NO/c1-5-9(2)10(3)8-11(4)6-7-12-10/h9H,5-8H2,1-4H3. The lowest BCUT2D eigenvalue weighted by molar-refractivity contribution is -0.121. The van der Waals surface area contributed by atoms with Crippen LogP contribution in [-0.4, -0.2) is 37.2 Å². The molecule has 12 heavy (non-hydrogen) atoms. The van der Waals surface area contributed by atoms with Gasteiger partial charge in [-0.2, -0.15) is 0 Å². The second kappa shape index (κ2) is 3.75. The third-order valence-corrected chi connectivity index (χ3v) is 3.14. The highest BCUT2D eigenvalue weighted by Crippen LogP contribution is 2.27. The summed E-state index contributed by atoms with van der Waals surface area (Å²) in [5.74, 6) is 0.653. The minimum Gasteiger partial charge on any atom is -0.372 e. The van der Waals surface area contributed by atoms with Crippen LogP contribution in [0.3, 0.4) is 0 Å². The van der Waals surface area contributed by atoms with Gasteiger partial charge in [0.15, 0.2) is 0 Å². The van der Waals surface area contributed by atoms with E-state index in [2.05, 4.69) is 32.7 Å². The van der Waals surface area contributed by atoms with E-state index in [1.807, 2.05) is 0 Å². The smallest absolute Gasteiger partial charge is 0.0806 e. The van der Waals surface area contributed by atoms with Gasteiger partial charge in [-0.1, -0.05) is 20.3 Å². The number of morpholine rings is 1. The summed E-state index contributed by atoms with van der Waals surface area (Å²) in [6, 6.07) is 0. The summed E-state index contributed by atoms with van der Waals surface area (Å²) >= 11 is 0. The molecule has 0 aromatic heterocycles. The average molecular weight is 171 g/mol. The highest BCUT2D eigenvalue weighted by atomic mass is 16.5. The molecule has 0 saturated carbocycles. The lowest BCUT2D eigenvalue weighted by Crippen LogP contribution is -2.52. The Morgan fingerprint density at radius 2 is 2.25 bits per heavy atom. The van der Waals surface area contributed by atoms with Gasteiger partial charge in [0.1, 0.15) is 0 Å². The van der Waals surface area contributed by atoms with Crippen molar-refractivity contribution in [3.05, 3.63) is 0 Å². The first-order chi connectivity index (χ1) is 5.58. The topological polar surface area (TPSA) is 12.5 Å². The molecule has 2 nitrogen and oxygen atoms in total.